The number of aliphatic hydroxyl groups excluding tert-OH is 1. The molecule has 0 atom stereocenters. The molecule has 2 rings (SSSR count). The zero-order valence-electron chi connectivity index (χ0n) is 13.5. The summed E-state index contributed by atoms with van der Waals surface area (Å²) in [5, 5.41) is 9.29. The maximum absolute atomic E-state index is 13.8. The SMILES string of the molecule is COc1ccc(CN(CCO)Cc2ccccc2OC)cc1F. The molecule has 23 heavy (non-hydrogen) atoms. The lowest BCUT2D eigenvalue weighted by Gasteiger charge is -2.22. The van der Waals surface area contributed by atoms with E-state index in [2.05, 4.69) is 0 Å². The standard InChI is InChI=1S/C18H22FNO3/c1-22-17-6-4-3-5-15(17)13-20(9-10-21)12-14-7-8-18(23-2)16(19)11-14/h3-8,11,21H,9-10,12-13H2,1-2H3. The summed E-state index contributed by atoms with van der Waals surface area (Å²) in [7, 11) is 3.08. The second-order valence-corrected chi connectivity index (χ2v) is 5.22. The third-order valence-corrected chi connectivity index (χ3v) is 3.63. The normalized spacial score (nSPS) is 10.8. The smallest absolute Gasteiger partial charge is 0.165 e. The molecular formula is C18H22FNO3. The summed E-state index contributed by atoms with van der Waals surface area (Å²) < 4.78 is 24.1. The maximum Gasteiger partial charge on any atom is 0.165 e. The Morgan fingerprint density at radius 3 is 2.39 bits per heavy atom. The third-order valence-electron chi connectivity index (χ3n) is 3.63. The van der Waals surface area contributed by atoms with Crippen molar-refractivity contribution < 1.29 is 19.0 Å². The molecule has 124 valence electrons. The lowest BCUT2D eigenvalue weighted by atomic mass is 10.1. The van der Waals surface area contributed by atoms with Crippen molar-refractivity contribution in [1.82, 2.24) is 4.90 Å². The molecule has 0 saturated carbocycles. The second-order valence-electron chi connectivity index (χ2n) is 5.22. The van der Waals surface area contributed by atoms with E-state index in [0.717, 1.165) is 16.9 Å². The molecule has 2 aromatic carbocycles. The van der Waals surface area contributed by atoms with Gasteiger partial charge in [0.25, 0.3) is 0 Å². The summed E-state index contributed by atoms with van der Waals surface area (Å²) in [4.78, 5) is 2.04. The molecule has 0 amide bonds. The van der Waals surface area contributed by atoms with E-state index in [0.29, 0.717) is 19.6 Å². The van der Waals surface area contributed by atoms with Gasteiger partial charge in [0.1, 0.15) is 5.75 Å². The molecule has 0 saturated heterocycles. The summed E-state index contributed by atoms with van der Waals surface area (Å²) in [6, 6.07) is 12.7. The Morgan fingerprint density at radius 1 is 1.00 bits per heavy atom. The van der Waals surface area contributed by atoms with Crippen LogP contribution in [-0.2, 0) is 13.1 Å². The van der Waals surface area contributed by atoms with Crippen LogP contribution in [0.1, 0.15) is 11.1 Å². The van der Waals surface area contributed by atoms with Crippen molar-refractivity contribution >= 4 is 0 Å². The molecule has 0 heterocycles. The summed E-state index contributed by atoms with van der Waals surface area (Å²) in [6.07, 6.45) is 0. The van der Waals surface area contributed by atoms with Crippen molar-refractivity contribution in [3.8, 4) is 11.5 Å². The van der Waals surface area contributed by atoms with Gasteiger partial charge >= 0.3 is 0 Å². The van der Waals surface area contributed by atoms with Crippen LogP contribution in [0.5, 0.6) is 11.5 Å². The van der Waals surface area contributed by atoms with E-state index in [1.54, 1.807) is 13.2 Å². The van der Waals surface area contributed by atoms with E-state index in [4.69, 9.17) is 9.47 Å². The molecule has 4 nitrogen and oxygen atoms in total. The number of aliphatic hydroxyl groups is 1. The van der Waals surface area contributed by atoms with Crippen molar-refractivity contribution in [2.75, 3.05) is 27.4 Å². The number of ether oxygens (including phenoxy) is 2. The fraction of sp³-hybridized carbons (Fsp3) is 0.333. The highest BCUT2D eigenvalue weighted by Gasteiger charge is 2.11. The molecule has 0 spiro atoms. The first-order chi connectivity index (χ1) is 11.2. The fourth-order valence-electron chi connectivity index (χ4n) is 2.50. The number of hydrogen-bond acceptors (Lipinski definition) is 4. The lowest BCUT2D eigenvalue weighted by molar-refractivity contribution is 0.182. The van der Waals surface area contributed by atoms with E-state index in [9.17, 15) is 9.50 Å². The Balaban J connectivity index is 2.13. The molecule has 0 radical (unpaired) electrons. The molecular weight excluding hydrogens is 297 g/mol. The van der Waals surface area contributed by atoms with Crippen molar-refractivity contribution in [3.05, 3.63) is 59.4 Å². The van der Waals surface area contributed by atoms with Gasteiger partial charge in [0.05, 0.1) is 20.8 Å². The zero-order chi connectivity index (χ0) is 16.7. The minimum absolute atomic E-state index is 0.0355. The van der Waals surface area contributed by atoms with Gasteiger partial charge in [-0.25, -0.2) is 4.39 Å². The van der Waals surface area contributed by atoms with Gasteiger partial charge in [-0.2, -0.15) is 0 Å². The summed E-state index contributed by atoms with van der Waals surface area (Å²) in [5.74, 6) is 0.648. The number of benzene rings is 2. The molecule has 0 aromatic heterocycles. The monoisotopic (exact) mass is 319 g/mol. The van der Waals surface area contributed by atoms with Crippen LogP contribution in [0.2, 0.25) is 0 Å². The largest absolute Gasteiger partial charge is 0.496 e. The average Bonchev–Trinajstić information content (AvgIpc) is 2.56. The zero-order valence-corrected chi connectivity index (χ0v) is 13.5. The number of halogens is 1. The number of methoxy groups -OCH3 is 2. The van der Waals surface area contributed by atoms with Crippen LogP contribution in [0.15, 0.2) is 42.5 Å². The highest BCUT2D eigenvalue weighted by atomic mass is 19.1. The Hall–Kier alpha value is -2.11. The molecule has 0 unspecified atom stereocenters. The molecule has 0 aliphatic rings. The number of para-hydroxylation sites is 1. The minimum atomic E-state index is -0.383. The van der Waals surface area contributed by atoms with Crippen LogP contribution in [0.3, 0.4) is 0 Å². The van der Waals surface area contributed by atoms with Crippen molar-refractivity contribution in [3.63, 3.8) is 0 Å². The fourth-order valence-corrected chi connectivity index (χ4v) is 2.50. The van der Waals surface area contributed by atoms with Gasteiger partial charge in [0.2, 0.25) is 0 Å². The summed E-state index contributed by atoms with van der Waals surface area (Å²) in [5.41, 5.74) is 1.85. The predicted molar refractivity (Wildman–Crippen MR) is 87.1 cm³/mol. The molecule has 2 aromatic rings. The minimum Gasteiger partial charge on any atom is -0.496 e. The molecule has 0 aliphatic heterocycles. The van der Waals surface area contributed by atoms with Crippen molar-refractivity contribution in [1.29, 1.82) is 0 Å². The number of hydrogen-bond donors (Lipinski definition) is 1. The van der Waals surface area contributed by atoms with Crippen LogP contribution in [-0.4, -0.2) is 37.4 Å². The van der Waals surface area contributed by atoms with E-state index in [-0.39, 0.29) is 18.2 Å². The molecule has 0 aliphatic carbocycles. The van der Waals surface area contributed by atoms with E-state index < -0.39 is 0 Å². The van der Waals surface area contributed by atoms with Crippen LogP contribution in [0, 0.1) is 5.82 Å². The van der Waals surface area contributed by atoms with Crippen molar-refractivity contribution in [2.45, 2.75) is 13.1 Å². The average molecular weight is 319 g/mol. The number of nitrogens with zero attached hydrogens (tertiary/aromatic N) is 1. The first kappa shape index (κ1) is 17.2. The van der Waals surface area contributed by atoms with Crippen LogP contribution in [0.25, 0.3) is 0 Å². The van der Waals surface area contributed by atoms with Gasteiger partial charge in [-0.05, 0) is 23.8 Å². The van der Waals surface area contributed by atoms with Crippen LogP contribution in [0.4, 0.5) is 4.39 Å². The van der Waals surface area contributed by atoms with Gasteiger partial charge in [-0.1, -0.05) is 24.3 Å². The first-order valence-corrected chi connectivity index (χ1v) is 7.45. The van der Waals surface area contributed by atoms with Gasteiger partial charge in [0.15, 0.2) is 11.6 Å². The summed E-state index contributed by atoms with van der Waals surface area (Å²) in [6.45, 7) is 1.66. The van der Waals surface area contributed by atoms with Crippen LogP contribution >= 0.6 is 0 Å². The van der Waals surface area contributed by atoms with E-state index >= 15 is 0 Å². The molecule has 1 N–H and O–H groups in total. The predicted octanol–water partition coefficient (Wildman–Crippen LogP) is 2.84. The van der Waals surface area contributed by atoms with Gasteiger partial charge in [-0.3, -0.25) is 4.90 Å². The maximum atomic E-state index is 13.8. The molecule has 5 heteroatoms. The lowest BCUT2D eigenvalue weighted by Crippen LogP contribution is -2.26. The van der Waals surface area contributed by atoms with E-state index in [1.807, 2.05) is 35.2 Å². The van der Waals surface area contributed by atoms with Crippen molar-refractivity contribution in [2.24, 2.45) is 0 Å². The molecule has 0 bridgehead atoms. The topological polar surface area (TPSA) is 41.9 Å². The Kier molecular flexibility index (Phi) is 6.38. The Bertz CT molecular complexity index is 633. The Morgan fingerprint density at radius 2 is 1.74 bits per heavy atom. The second kappa shape index (κ2) is 8.50. The van der Waals surface area contributed by atoms with Gasteiger partial charge < -0.3 is 14.6 Å². The number of rotatable bonds is 8. The first-order valence-electron chi connectivity index (χ1n) is 7.45. The highest BCUT2D eigenvalue weighted by molar-refractivity contribution is 5.33. The van der Waals surface area contributed by atoms with Gasteiger partial charge in [0, 0.05) is 25.2 Å². The van der Waals surface area contributed by atoms with Crippen LogP contribution < -0.4 is 9.47 Å². The quantitative estimate of drug-likeness (QED) is 0.812. The molecule has 0 fully saturated rings. The summed E-state index contributed by atoms with van der Waals surface area (Å²) >= 11 is 0. The van der Waals surface area contributed by atoms with Gasteiger partial charge in [-0.15, -0.1) is 0 Å². The Labute approximate surface area is 136 Å². The van der Waals surface area contributed by atoms with E-state index in [1.165, 1.54) is 13.2 Å². The highest BCUT2D eigenvalue weighted by Crippen LogP contribution is 2.22. The third kappa shape index (κ3) is 4.68.